The van der Waals surface area contributed by atoms with Crippen molar-refractivity contribution in [1.82, 2.24) is 10.6 Å². The molecule has 0 aromatic heterocycles. The highest BCUT2D eigenvalue weighted by Gasteiger charge is 2.28. The van der Waals surface area contributed by atoms with Crippen molar-refractivity contribution in [3.05, 3.63) is 0 Å². The van der Waals surface area contributed by atoms with Crippen LogP contribution < -0.4 is 10.6 Å². The lowest BCUT2D eigenvalue weighted by Crippen LogP contribution is -2.42. The first-order chi connectivity index (χ1) is 10.3. The molecule has 0 bridgehead atoms. The number of hydrogen-bond acceptors (Lipinski definition) is 3. The summed E-state index contributed by atoms with van der Waals surface area (Å²) in [6.45, 7) is 6.49. The Kier molecular flexibility index (Phi) is 7.66. The van der Waals surface area contributed by atoms with Crippen LogP contribution in [0.1, 0.15) is 59.3 Å². The Bertz CT molecular complexity index is 447. The summed E-state index contributed by atoms with van der Waals surface area (Å²) in [5.41, 5.74) is 0. The van der Waals surface area contributed by atoms with Crippen LogP contribution in [0.25, 0.3) is 0 Å². The molecule has 0 spiro atoms. The lowest BCUT2D eigenvalue weighted by Gasteiger charge is -2.20. The van der Waals surface area contributed by atoms with Crippen LogP contribution >= 0.6 is 0 Å². The molecule has 2 N–H and O–H groups in total. The van der Waals surface area contributed by atoms with E-state index < -0.39 is 14.6 Å². The molecule has 1 aliphatic carbocycles. The quantitative estimate of drug-likeness (QED) is 0.427. The van der Waals surface area contributed by atoms with Crippen molar-refractivity contribution < 1.29 is 8.42 Å². The average molecular weight is 332 g/mol. The summed E-state index contributed by atoms with van der Waals surface area (Å²) in [6, 6.07) is 0. The van der Waals surface area contributed by atoms with Crippen LogP contribution in [0.5, 0.6) is 0 Å². The fourth-order valence-electron chi connectivity index (χ4n) is 2.73. The maximum Gasteiger partial charge on any atom is 0.191 e. The molecule has 1 saturated carbocycles. The molecular formula is C16H33N3O2S. The van der Waals surface area contributed by atoms with E-state index in [1.165, 1.54) is 32.1 Å². The van der Waals surface area contributed by atoms with Gasteiger partial charge >= 0.3 is 0 Å². The SMILES string of the molecule is CN=C(NCCCC1CCCC1)NCCS(=O)(=O)C(C)(C)C. The summed E-state index contributed by atoms with van der Waals surface area (Å²) < 4.78 is 23.4. The number of sulfone groups is 1. The predicted octanol–water partition coefficient (Wildman–Crippen LogP) is 2.34. The zero-order valence-corrected chi connectivity index (χ0v) is 15.4. The highest BCUT2D eigenvalue weighted by molar-refractivity contribution is 7.92. The molecule has 5 nitrogen and oxygen atoms in total. The van der Waals surface area contributed by atoms with Gasteiger partial charge in [-0.3, -0.25) is 4.99 Å². The first kappa shape index (κ1) is 19.3. The van der Waals surface area contributed by atoms with E-state index in [1.54, 1.807) is 27.8 Å². The molecule has 0 unspecified atom stereocenters. The number of nitrogens with one attached hydrogen (secondary N) is 2. The first-order valence-electron chi connectivity index (χ1n) is 8.43. The fraction of sp³-hybridized carbons (Fsp3) is 0.938. The van der Waals surface area contributed by atoms with Gasteiger partial charge in [0.1, 0.15) is 0 Å². The average Bonchev–Trinajstić information content (AvgIpc) is 2.93. The maximum absolute atomic E-state index is 12.0. The lowest BCUT2D eigenvalue weighted by atomic mass is 10.0. The molecule has 0 aromatic rings. The smallest absolute Gasteiger partial charge is 0.191 e. The molecule has 22 heavy (non-hydrogen) atoms. The molecule has 130 valence electrons. The van der Waals surface area contributed by atoms with Gasteiger partial charge < -0.3 is 10.6 Å². The van der Waals surface area contributed by atoms with E-state index >= 15 is 0 Å². The molecule has 6 heteroatoms. The van der Waals surface area contributed by atoms with Gasteiger partial charge in [0.15, 0.2) is 15.8 Å². The van der Waals surface area contributed by atoms with Gasteiger partial charge in [0.05, 0.1) is 10.5 Å². The second-order valence-corrected chi connectivity index (χ2v) is 10.0. The standard InChI is InChI=1S/C16H33N3O2S/c1-16(2,3)22(20,21)13-12-19-15(17-4)18-11-7-10-14-8-5-6-9-14/h14H,5-13H2,1-4H3,(H2,17,18,19). The minimum atomic E-state index is -3.08. The van der Waals surface area contributed by atoms with Gasteiger partial charge in [0.25, 0.3) is 0 Å². The monoisotopic (exact) mass is 331 g/mol. The number of guanidine groups is 1. The van der Waals surface area contributed by atoms with Crippen LogP contribution in [0, 0.1) is 5.92 Å². The van der Waals surface area contributed by atoms with Gasteiger partial charge in [-0.2, -0.15) is 0 Å². The van der Waals surface area contributed by atoms with Crippen molar-refractivity contribution in [2.75, 3.05) is 25.9 Å². The van der Waals surface area contributed by atoms with Crippen LogP contribution in [0.3, 0.4) is 0 Å². The van der Waals surface area contributed by atoms with Crippen LogP contribution in [0.4, 0.5) is 0 Å². The second kappa shape index (κ2) is 8.75. The van der Waals surface area contributed by atoms with Gasteiger partial charge in [-0.05, 0) is 39.5 Å². The zero-order valence-electron chi connectivity index (χ0n) is 14.6. The first-order valence-corrected chi connectivity index (χ1v) is 10.1. The van der Waals surface area contributed by atoms with E-state index in [0.717, 1.165) is 18.9 Å². The normalized spacial score (nSPS) is 17.7. The summed E-state index contributed by atoms with van der Waals surface area (Å²) in [4.78, 5) is 4.14. The Morgan fingerprint density at radius 2 is 1.73 bits per heavy atom. The molecular weight excluding hydrogens is 298 g/mol. The summed E-state index contributed by atoms with van der Waals surface area (Å²) in [7, 11) is -1.37. The van der Waals surface area contributed by atoms with Crippen molar-refractivity contribution in [2.24, 2.45) is 10.9 Å². The van der Waals surface area contributed by atoms with Crippen molar-refractivity contribution in [3.8, 4) is 0 Å². The van der Waals surface area contributed by atoms with Crippen LogP contribution in [0.2, 0.25) is 0 Å². The highest BCUT2D eigenvalue weighted by atomic mass is 32.2. The number of rotatable bonds is 7. The van der Waals surface area contributed by atoms with E-state index in [0.29, 0.717) is 12.5 Å². The van der Waals surface area contributed by atoms with Gasteiger partial charge in [0.2, 0.25) is 0 Å². The van der Waals surface area contributed by atoms with Crippen molar-refractivity contribution in [2.45, 2.75) is 64.0 Å². The summed E-state index contributed by atoms with van der Waals surface area (Å²) in [5.74, 6) is 1.73. The lowest BCUT2D eigenvalue weighted by molar-refractivity contribution is 0.481. The van der Waals surface area contributed by atoms with Crippen LogP contribution in [-0.4, -0.2) is 45.0 Å². The van der Waals surface area contributed by atoms with Crippen LogP contribution in [0.15, 0.2) is 4.99 Å². The maximum atomic E-state index is 12.0. The third-order valence-corrected chi connectivity index (χ3v) is 6.98. The van der Waals surface area contributed by atoms with Crippen LogP contribution in [-0.2, 0) is 9.84 Å². The number of nitrogens with zero attached hydrogens (tertiary/aromatic N) is 1. The Morgan fingerprint density at radius 1 is 1.14 bits per heavy atom. The van der Waals surface area contributed by atoms with E-state index in [-0.39, 0.29) is 5.75 Å². The molecule has 1 aliphatic rings. The molecule has 1 fully saturated rings. The largest absolute Gasteiger partial charge is 0.356 e. The Morgan fingerprint density at radius 3 is 2.27 bits per heavy atom. The molecule has 0 saturated heterocycles. The van der Waals surface area contributed by atoms with Gasteiger partial charge in [-0.1, -0.05) is 25.7 Å². The van der Waals surface area contributed by atoms with Crippen molar-refractivity contribution >= 4 is 15.8 Å². The molecule has 1 rings (SSSR count). The topological polar surface area (TPSA) is 70.6 Å². The fourth-order valence-corrected chi connectivity index (χ4v) is 3.71. The van der Waals surface area contributed by atoms with Gasteiger partial charge in [-0.15, -0.1) is 0 Å². The highest BCUT2D eigenvalue weighted by Crippen LogP contribution is 2.28. The van der Waals surface area contributed by atoms with E-state index in [2.05, 4.69) is 15.6 Å². The minimum Gasteiger partial charge on any atom is -0.356 e. The molecule has 0 amide bonds. The number of hydrogen-bond donors (Lipinski definition) is 2. The Labute approximate surface area is 136 Å². The second-order valence-electron chi connectivity index (χ2n) is 7.15. The van der Waals surface area contributed by atoms with Gasteiger partial charge in [-0.25, -0.2) is 8.42 Å². The summed E-state index contributed by atoms with van der Waals surface area (Å²) >= 11 is 0. The molecule has 0 aliphatic heterocycles. The predicted molar refractivity (Wildman–Crippen MR) is 94.1 cm³/mol. The zero-order chi connectivity index (χ0) is 16.6. The summed E-state index contributed by atoms with van der Waals surface area (Å²) in [6.07, 6.45) is 7.98. The number of aliphatic imine (C=N–C) groups is 1. The third-order valence-electron chi connectivity index (χ3n) is 4.38. The van der Waals surface area contributed by atoms with E-state index in [4.69, 9.17) is 0 Å². The van der Waals surface area contributed by atoms with Crippen molar-refractivity contribution in [3.63, 3.8) is 0 Å². The molecule has 0 radical (unpaired) electrons. The molecule has 0 atom stereocenters. The van der Waals surface area contributed by atoms with E-state index in [9.17, 15) is 8.42 Å². The third kappa shape index (κ3) is 6.55. The Hall–Kier alpha value is -0.780. The minimum absolute atomic E-state index is 0.124. The van der Waals surface area contributed by atoms with E-state index in [1.807, 2.05) is 0 Å². The Balaban J connectivity index is 2.19. The van der Waals surface area contributed by atoms with Crippen molar-refractivity contribution in [1.29, 1.82) is 0 Å². The molecule has 0 heterocycles. The summed E-state index contributed by atoms with van der Waals surface area (Å²) in [5, 5.41) is 6.35. The molecule has 0 aromatic carbocycles. The van der Waals surface area contributed by atoms with Gasteiger partial charge in [0, 0.05) is 20.1 Å².